The molecule has 1 heterocycles. The number of nitrogens with zero attached hydrogens (tertiary/aromatic N) is 1. The summed E-state index contributed by atoms with van der Waals surface area (Å²) in [5.41, 5.74) is 1.06. The predicted molar refractivity (Wildman–Crippen MR) is 55.3 cm³/mol. The summed E-state index contributed by atoms with van der Waals surface area (Å²) in [6, 6.07) is 5.84. The summed E-state index contributed by atoms with van der Waals surface area (Å²) in [5.74, 6) is 1.63. The van der Waals surface area contributed by atoms with E-state index in [0.29, 0.717) is 6.79 Å². The molecule has 3 heteroatoms. The van der Waals surface area contributed by atoms with E-state index in [4.69, 9.17) is 9.47 Å². The first-order chi connectivity index (χ1) is 6.90. The number of ether oxygens (including phenoxy) is 2. The highest BCUT2D eigenvalue weighted by molar-refractivity contribution is 5.81. The maximum atomic E-state index is 5.26. The van der Waals surface area contributed by atoms with Gasteiger partial charge in [0.05, 0.1) is 0 Å². The Labute approximate surface area is 83.4 Å². The van der Waals surface area contributed by atoms with Crippen LogP contribution in [0.4, 0.5) is 0 Å². The molecular formula is C11H13NO2. The van der Waals surface area contributed by atoms with Gasteiger partial charge in [-0.1, -0.05) is 6.92 Å². The number of hydrogen-bond acceptors (Lipinski definition) is 3. The lowest BCUT2D eigenvalue weighted by molar-refractivity contribution is 0.174. The quantitative estimate of drug-likeness (QED) is 0.686. The lowest BCUT2D eigenvalue weighted by Crippen LogP contribution is -1.92. The Bertz CT molecular complexity index is 347. The summed E-state index contributed by atoms with van der Waals surface area (Å²) in [4.78, 5) is 4.26. The van der Waals surface area contributed by atoms with E-state index < -0.39 is 0 Å². The minimum atomic E-state index is 0.324. The smallest absolute Gasteiger partial charge is 0.231 e. The molecule has 0 unspecified atom stereocenters. The molecule has 0 aliphatic carbocycles. The van der Waals surface area contributed by atoms with Crippen LogP contribution >= 0.6 is 0 Å². The Hall–Kier alpha value is -1.51. The third kappa shape index (κ3) is 1.87. The molecule has 0 aromatic heterocycles. The van der Waals surface area contributed by atoms with Crippen LogP contribution in [0.5, 0.6) is 11.5 Å². The first-order valence-corrected chi connectivity index (χ1v) is 4.79. The number of aliphatic imine (C=N–C) groups is 1. The van der Waals surface area contributed by atoms with Crippen LogP contribution in [0.15, 0.2) is 23.2 Å². The van der Waals surface area contributed by atoms with Gasteiger partial charge in [-0.05, 0) is 30.2 Å². The zero-order chi connectivity index (χ0) is 9.80. The van der Waals surface area contributed by atoms with Crippen LogP contribution in [0, 0.1) is 0 Å². The minimum absolute atomic E-state index is 0.324. The standard InChI is InChI=1S/C11H13NO2/c1-2-5-12-7-9-3-4-10-11(6-9)14-8-13-10/h3-4,6-7H,2,5,8H2,1H3. The molecule has 0 spiro atoms. The van der Waals surface area contributed by atoms with Crippen molar-refractivity contribution in [3.8, 4) is 11.5 Å². The van der Waals surface area contributed by atoms with Gasteiger partial charge >= 0.3 is 0 Å². The van der Waals surface area contributed by atoms with Crippen LogP contribution in [0.2, 0.25) is 0 Å². The van der Waals surface area contributed by atoms with Crippen LogP contribution in [-0.2, 0) is 0 Å². The summed E-state index contributed by atoms with van der Waals surface area (Å²) in [6.07, 6.45) is 2.94. The topological polar surface area (TPSA) is 30.8 Å². The molecule has 14 heavy (non-hydrogen) atoms. The lowest BCUT2D eigenvalue weighted by atomic mass is 10.2. The molecule has 0 N–H and O–H groups in total. The van der Waals surface area contributed by atoms with Crippen LogP contribution in [0.3, 0.4) is 0 Å². The maximum absolute atomic E-state index is 5.26. The van der Waals surface area contributed by atoms with E-state index in [0.717, 1.165) is 30.0 Å². The second-order valence-corrected chi connectivity index (χ2v) is 3.15. The molecule has 0 saturated carbocycles. The van der Waals surface area contributed by atoms with E-state index in [9.17, 15) is 0 Å². The first-order valence-electron chi connectivity index (χ1n) is 4.79. The van der Waals surface area contributed by atoms with Crippen LogP contribution < -0.4 is 9.47 Å². The third-order valence-corrected chi connectivity index (χ3v) is 1.99. The van der Waals surface area contributed by atoms with E-state index in [1.807, 2.05) is 24.4 Å². The first kappa shape index (κ1) is 9.06. The van der Waals surface area contributed by atoms with Gasteiger partial charge in [0.2, 0.25) is 6.79 Å². The van der Waals surface area contributed by atoms with Gasteiger partial charge < -0.3 is 9.47 Å². The zero-order valence-corrected chi connectivity index (χ0v) is 8.19. The van der Waals surface area contributed by atoms with Crippen LogP contribution in [0.25, 0.3) is 0 Å². The summed E-state index contributed by atoms with van der Waals surface area (Å²) < 4.78 is 10.5. The molecule has 1 aliphatic rings. The van der Waals surface area contributed by atoms with Crippen LogP contribution in [-0.4, -0.2) is 19.6 Å². The Morgan fingerprint density at radius 1 is 1.36 bits per heavy atom. The summed E-state index contributed by atoms with van der Waals surface area (Å²) in [7, 11) is 0. The number of fused-ring (bicyclic) bond motifs is 1. The third-order valence-electron chi connectivity index (χ3n) is 1.99. The van der Waals surface area contributed by atoms with Crippen molar-refractivity contribution in [3.05, 3.63) is 23.8 Å². The molecule has 0 amide bonds. The summed E-state index contributed by atoms with van der Waals surface area (Å²) in [6.45, 7) is 3.30. The van der Waals surface area contributed by atoms with Crippen molar-refractivity contribution < 1.29 is 9.47 Å². The molecule has 74 valence electrons. The highest BCUT2D eigenvalue weighted by Crippen LogP contribution is 2.31. The van der Waals surface area contributed by atoms with Crippen molar-refractivity contribution in [2.24, 2.45) is 4.99 Å². The van der Waals surface area contributed by atoms with Crippen molar-refractivity contribution in [2.75, 3.05) is 13.3 Å². The molecule has 0 fully saturated rings. The summed E-state index contributed by atoms with van der Waals surface area (Å²) in [5, 5.41) is 0. The van der Waals surface area contributed by atoms with Gasteiger partial charge in [0.1, 0.15) is 0 Å². The Morgan fingerprint density at radius 3 is 3.07 bits per heavy atom. The molecule has 0 atom stereocenters. The van der Waals surface area contributed by atoms with Crippen LogP contribution in [0.1, 0.15) is 18.9 Å². The fourth-order valence-electron chi connectivity index (χ4n) is 1.29. The second-order valence-electron chi connectivity index (χ2n) is 3.15. The molecule has 0 saturated heterocycles. The average molecular weight is 191 g/mol. The highest BCUT2D eigenvalue weighted by atomic mass is 16.7. The molecule has 1 aliphatic heterocycles. The maximum Gasteiger partial charge on any atom is 0.231 e. The zero-order valence-electron chi connectivity index (χ0n) is 8.19. The molecule has 1 aromatic carbocycles. The molecule has 0 radical (unpaired) electrons. The van der Waals surface area contributed by atoms with Gasteiger partial charge in [-0.2, -0.15) is 0 Å². The number of rotatable bonds is 3. The number of hydrogen-bond donors (Lipinski definition) is 0. The van der Waals surface area contributed by atoms with Gasteiger partial charge in [-0.15, -0.1) is 0 Å². The van der Waals surface area contributed by atoms with Crippen molar-refractivity contribution in [1.29, 1.82) is 0 Å². The average Bonchev–Trinajstić information content (AvgIpc) is 2.65. The monoisotopic (exact) mass is 191 g/mol. The van der Waals surface area contributed by atoms with Gasteiger partial charge in [0.15, 0.2) is 11.5 Å². The van der Waals surface area contributed by atoms with Gasteiger partial charge in [-0.25, -0.2) is 0 Å². The molecule has 2 rings (SSSR count). The van der Waals surface area contributed by atoms with Gasteiger partial charge in [-0.3, -0.25) is 4.99 Å². The number of benzene rings is 1. The summed E-state index contributed by atoms with van der Waals surface area (Å²) >= 11 is 0. The molecule has 3 nitrogen and oxygen atoms in total. The van der Waals surface area contributed by atoms with E-state index in [-0.39, 0.29) is 0 Å². The molecule has 0 bridgehead atoms. The van der Waals surface area contributed by atoms with Crippen molar-refractivity contribution in [1.82, 2.24) is 0 Å². The minimum Gasteiger partial charge on any atom is -0.454 e. The fraction of sp³-hybridized carbons (Fsp3) is 0.364. The predicted octanol–water partition coefficient (Wildman–Crippen LogP) is 2.24. The fourth-order valence-corrected chi connectivity index (χ4v) is 1.29. The Kier molecular flexibility index (Phi) is 2.68. The van der Waals surface area contributed by atoms with Crippen molar-refractivity contribution >= 4 is 6.21 Å². The van der Waals surface area contributed by atoms with Gasteiger partial charge in [0.25, 0.3) is 0 Å². The van der Waals surface area contributed by atoms with E-state index in [1.54, 1.807) is 0 Å². The highest BCUT2D eigenvalue weighted by Gasteiger charge is 2.12. The SMILES string of the molecule is CCCN=Cc1ccc2c(c1)OCO2. The normalized spacial score (nSPS) is 13.8. The van der Waals surface area contributed by atoms with Gasteiger partial charge in [0, 0.05) is 12.8 Å². The lowest BCUT2D eigenvalue weighted by Gasteiger charge is -1.96. The van der Waals surface area contributed by atoms with E-state index >= 15 is 0 Å². The Morgan fingerprint density at radius 2 is 2.21 bits per heavy atom. The van der Waals surface area contributed by atoms with Crippen molar-refractivity contribution in [3.63, 3.8) is 0 Å². The Balaban J connectivity index is 2.12. The molecule has 1 aromatic rings. The van der Waals surface area contributed by atoms with Crippen molar-refractivity contribution in [2.45, 2.75) is 13.3 Å². The largest absolute Gasteiger partial charge is 0.454 e. The van der Waals surface area contributed by atoms with E-state index in [1.165, 1.54) is 0 Å². The molecular weight excluding hydrogens is 178 g/mol. The second kappa shape index (κ2) is 4.13. The van der Waals surface area contributed by atoms with E-state index in [2.05, 4.69) is 11.9 Å².